The predicted octanol–water partition coefficient (Wildman–Crippen LogP) is 2.46. The Morgan fingerprint density at radius 2 is 2.23 bits per heavy atom. The molecule has 0 amide bonds. The molecule has 0 bridgehead atoms. The van der Waals surface area contributed by atoms with Crippen molar-refractivity contribution in [2.24, 2.45) is 9.98 Å². The summed E-state index contributed by atoms with van der Waals surface area (Å²) in [6.45, 7) is 3.38. The lowest BCUT2D eigenvalue weighted by atomic mass is 10.2. The Kier molecular flexibility index (Phi) is 3.19. The van der Waals surface area contributed by atoms with Crippen LogP contribution in [-0.4, -0.2) is 18.8 Å². The monoisotopic (exact) mass is 196 g/mol. The third kappa shape index (κ3) is 2.15. The van der Waals surface area contributed by atoms with Crippen LogP contribution in [0, 0.1) is 5.82 Å². The minimum Gasteiger partial charge on any atom is -0.281 e. The Labute approximate surface area is 81.6 Å². The predicted molar refractivity (Wildman–Crippen MR) is 57.1 cm³/mol. The van der Waals surface area contributed by atoms with Gasteiger partial charge in [0.05, 0.1) is 10.7 Å². The van der Waals surface area contributed by atoms with E-state index in [1.807, 2.05) is 0 Å². The van der Waals surface area contributed by atoms with Gasteiger partial charge in [-0.15, -0.1) is 12.6 Å². The van der Waals surface area contributed by atoms with E-state index < -0.39 is 0 Å². The minimum absolute atomic E-state index is 0.336. The molecular formula is C9H9FN2S. The van der Waals surface area contributed by atoms with Crippen molar-refractivity contribution in [2.45, 2.75) is 0 Å². The van der Waals surface area contributed by atoms with Crippen molar-refractivity contribution in [3.05, 3.63) is 29.6 Å². The molecule has 68 valence electrons. The SMILES string of the molecule is C=Nc1ccc(F)cc1/C(S)=N\C. The van der Waals surface area contributed by atoms with Crippen LogP contribution in [0.25, 0.3) is 0 Å². The second kappa shape index (κ2) is 4.18. The second-order valence-corrected chi connectivity index (χ2v) is 2.79. The van der Waals surface area contributed by atoms with Gasteiger partial charge in [0.2, 0.25) is 0 Å². The normalized spacial score (nSPS) is 11.5. The zero-order chi connectivity index (χ0) is 9.84. The Morgan fingerprint density at radius 1 is 1.54 bits per heavy atom. The van der Waals surface area contributed by atoms with Crippen molar-refractivity contribution in [2.75, 3.05) is 7.05 Å². The molecule has 0 N–H and O–H groups in total. The van der Waals surface area contributed by atoms with Crippen LogP contribution >= 0.6 is 12.6 Å². The van der Waals surface area contributed by atoms with E-state index in [9.17, 15) is 4.39 Å². The summed E-state index contributed by atoms with van der Waals surface area (Å²) in [6.07, 6.45) is 0. The van der Waals surface area contributed by atoms with Crippen LogP contribution in [0.4, 0.5) is 10.1 Å². The first-order valence-corrected chi connectivity index (χ1v) is 4.06. The molecular weight excluding hydrogens is 187 g/mol. The summed E-state index contributed by atoms with van der Waals surface area (Å²) in [5.41, 5.74) is 1.14. The lowest BCUT2D eigenvalue weighted by Gasteiger charge is -2.02. The Hall–Kier alpha value is -1.16. The fourth-order valence-corrected chi connectivity index (χ4v) is 1.12. The minimum atomic E-state index is -0.336. The van der Waals surface area contributed by atoms with Gasteiger partial charge in [-0.3, -0.25) is 9.98 Å². The molecule has 0 saturated carbocycles. The first-order chi connectivity index (χ1) is 6.19. The molecule has 0 unspecified atom stereocenters. The summed E-state index contributed by atoms with van der Waals surface area (Å²) in [5, 5.41) is 0.446. The average Bonchev–Trinajstić information content (AvgIpc) is 2.16. The van der Waals surface area contributed by atoms with Gasteiger partial charge in [-0.25, -0.2) is 4.39 Å². The van der Waals surface area contributed by atoms with Crippen LogP contribution < -0.4 is 0 Å². The van der Waals surface area contributed by atoms with Crippen LogP contribution in [0.15, 0.2) is 28.2 Å². The van der Waals surface area contributed by atoms with Gasteiger partial charge in [-0.05, 0) is 24.9 Å². The fourth-order valence-electron chi connectivity index (χ4n) is 0.946. The highest BCUT2D eigenvalue weighted by Gasteiger charge is 2.05. The summed E-state index contributed by atoms with van der Waals surface area (Å²) in [4.78, 5) is 7.57. The van der Waals surface area contributed by atoms with Gasteiger partial charge in [-0.2, -0.15) is 0 Å². The van der Waals surface area contributed by atoms with Crippen molar-refractivity contribution >= 4 is 30.1 Å². The van der Waals surface area contributed by atoms with E-state index in [4.69, 9.17) is 0 Å². The Bertz CT molecular complexity index is 361. The number of aliphatic imine (C=N–C) groups is 2. The molecule has 1 rings (SSSR count). The Balaban J connectivity index is 3.31. The van der Waals surface area contributed by atoms with E-state index >= 15 is 0 Å². The molecule has 0 atom stereocenters. The van der Waals surface area contributed by atoms with Crippen LogP contribution in [-0.2, 0) is 0 Å². The van der Waals surface area contributed by atoms with E-state index in [0.29, 0.717) is 16.3 Å². The molecule has 2 nitrogen and oxygen atoms in total. The molecule has 0 aliphatic rings. The smallest absolute Gasteiger partial charge is 0.124 e. The molecule has 0 fully saturated rings. The van der Waals surface area contributed by atoms with Crippen molar-refractivity contribution in [3.63, 3.8) is 0 Å². The van der Waals surface area contributed by atoms with Gasteiger partial charge in [0.25, 0.3) is 0 Å². The van der Waals surface area contributed by atoms with Gasteiger partial charge in [-0.1, -0.05) is 0 Å². The summed E-state index contributed by atoms with van der Waals surface area (Å²) in [5.74, 6) is -0.336. The van der Waals surface area contributed by atoms with Crippen molar-refractivity contribution in [3.8, 4) is 0 Å². The van der Waals surface area contributed by atoms with Crippen LogP contribution in [0.5, 0.6) is 0 Å². The molecule has 1 aromatic rings. The highest BCUT2D eigenvalue weighted by atomic mass is 32.1. The number of benzene rings is 1. The summed E-state index contributed by atoms with van der Waals surface area (Å²) in [6, 6.07) is 4.20. The number of nitrogens with zero attached hydrogens (tertiary/aromatic N) is 2. The Morgan fingerprint density at radius 3 is 2.77 bits per heavy atom. The molecule has 13 heavy (non-hydrogen) atoms. The number of rotatable bonds is 2. The van der Waals surface area contributed by atoms with Gasteiger partial charge in [0.1, 0.15) is 5.82 Å². The average molecular weight is 196 g/mol. The molecule has 0 heterocycles. The van der Waals surface area contributed by atoms with Crippen molar-refractivity contribution < 1.29 is 4.39 Å². The summed E-state index contributed by atoms with van der Waals surface area (Å²) >= 11 is 4.09. The highest BCUT2D eigenvalue weighted by Crippen LogP contribution is 2.21. The van der Waals surface area contributed by atoms with Gasteiger partial charge >= 0.3 is 0 Å². The number of hydrogen-bond donors (Lipinski definition) is 1. The standard InChI is InChI=1S/C9H9FN2S/c1-11-8-4-3-6(10)5-7(8)9(13)12-2/h3-5H,1H2,2H3,(H,12,13). The van der Waals surface area contributed by atoms with E-state index in [2.05, 4.69) is 29.3 Å². The largest absolute Gasteiger partial charge is 0.281 e. The molecule has 0 radical (unpaired) electrons. The van der Waals surface area contributed by atoms with Crippen molar-refractivity contribution in [1.82, 2.24) is 0 Å². The number of thiol groups is 1. The van der Waals surface area contributed by atoms with Crippen LogP contribution in [0.3, 0.4) is 0 Å². The van der Waals surface area contributed by atoms with E-state index in [-0.39, 0.29) is 5.82 Å². The summed E-state index contributed by atoms with van der Waals surface area (Å²) in [7, 11) is 1.58. The maximum Gasteiger partial charge on any atom is 0.124 e. The molecule has 0 aromatic heterocycles. The van der Waals surface area contributed by atoms with Gasteiger partial charge < -0.3 is 0 Å². The summed E-state index contributed by atoms with van der Waals surface area (Å²) < 4.78 is 12.8. The van der Waals surface area contributed by atoms with E-state index in [1.54, 1.807) is 13.1 Å². The van der Waals surface area contributed by atoms with Crippen LogP contribution in [0.2, 0.25) is 0 Å². The van der Waals surface area contributed by atoms with Crippen molar-refractivity contribution in [1.29, 1.82) is 0 Å². The van der Waals surface area contributed by atoms with Crippen LogP contribution in [0.1, 0.15) is 5.56 Å². The quantitative estimate of drug-likeness (QED) is 0.427. The molecule has 0 aliphatic heterocycles. The maximum atomic E-state index is 12.8. The first kappa shape index (κ1) is 9.92. The molecule has 0 spiro atoms. The zero-order valence-electron chi connectivity index (χ0n) is 7.16. The molecule has 1 aromatic carbocycles. The third-order valence-corrected chi connectivity index (χ3v) is 2.02. The zero-order valence-corrected chi connectivity index (χ0v) is 8.05. The number of hydrogen-bond acceptors (Lipinski definition) is 2. The highest BCUT2D eigenvalue weighted by molar-refractivity contribution is 7.97. The van der Waals surface area contributed by atoms with E-state index in [1.165, 1.54) is 12.1 Å². The maximum absolute atomic E-state index is 12.8. The lowest BCUT2D eigenvalue weighted by Crippen LogP contribution is -1.92. The second-order valence-electron chi connectivity index (χ2n) is 2.37. The fraction of sp³-hybridized carbons (Fsp3) is 0.111. The van der Waals surface area contributed by atoms with Gasteiger partial charge in [0, 0.05) is 12.6 Å². The molecule has 4 heteroatoms. The third-order valence-electron chi connectivity index (χ3n) is 1.58. The molecule has 0 aliphatic carbocycles. The molecule has 0 saturated heterocycles. The number of halogens is 1. The van der Waals surface area contributed by atoms with E-state index in [0.717, 1.165) is 0 Å². The first-order valence-electron chi connectivity index (χ1n) is 3.61. The topological polar surface area (TPSA) is 24.7 Å². The van der Waals surface area contributed by atoms with Gasteiger partial charge in [0.15, 0.2) is 0 Å². The lowest BCUT2D eigenvalue weighted by molar-refractivity contribution is 0.627.